The molecule has 1 amide bonds. The van der Waals surface area contributed by atoms with E-state index >= 15 is 0 Å². The Morgan fingerprint density at radius 2 is 1.75 bits per heavy atom. The molecule has 1 fully saturated rings. The van der Waals surface area contributed by atoms with Crippen LogP contribution in [0.1, 0.15) is 6.92 Å². The molecule has 1 unspecified atom stereocenters. The Kier molecular flexibility index (Phi) is 6.80. The Morgan fingerprint density at radius 1 is 1.06 bits per heavy atom. The monoisotopic (exact) mass is 503 g/mol. The van der Waals surface area contributed by atoms with Gasteiger partial charge in [-0.2, -0.15) is 0 Å². The van der Waals surface area contributed by atoms with E-state index in [9.17, 15) is 4.79 Å². The number of amides is 1. The van der Waals surface area contributed by atoms with Gasteiger partial charge < -0.3 is 20.1 Å². The maximum Gasteiger partial charge on any atom is 0.241 e. The average Bonchev–Trinajstić information content (AvgIpc) is 3.33. The molecule has 2 aromatic heterocycles. The van der Waals surface area contributed by atoms with Crippen molar-refractivity contribution in [1.82, 2.24) is 19.9 Å². The fourth-order valence-electron chi connectivity index (χ4n) is 4.55. The minimum Gasteiger partial charge on any atom is -0.378 e. The highest BCUT2D eigenvalue weighted by Gasteiger charge is 2.28. The lowest BCUT2D eigenvalue weighted by atomic mass is 10.2. The molecule has 0 bridgehead atoms. The summed E-state index contributed by atoms with van der Waals surface area (Å²) in [5, 5.41) is 3.59. The third kappa shape index (κ3) is 4.87. The number of rotatable bonds is 6. The molecule has 0 radical (unpaired) electrons. The standard InChI is InChI=1S/C27H30ClN7O/c1-18(27(36)30-20-7-5-4-6-8-20)34-13-15-35(16-14-34)24-22(28)17-29-26-23(24)31-25(32-26)19-9-11-21(12-10-19)33(2)3/h4-12,17-18H,13-16H2,1-3H3,(H,30,36)(H,29,31,32). The lowest BCUT2D eigenvalue weighted by Gasteiger charge is -2.38. The predicted molar refractivity (Wildman–Crippen MR) is 147 cm³/mol. The van der Waals surface area contributed by atoms with E-state index in [1.54, 1.807) is 6.20 Å². The van der Waals surface area contributed by atoms with Crippen molar-refractivity contribution in [3.05, 3.63) is 65.8 Å². The van der Waals surface area contributed by atoms with Crippen LogP contribution in [0.3, 0.4) is 0 Å². The number of piperazine rings is 1. The van der Waals surface area contributed by atoms with Gasteiger partial charge in [0, 0.05) is 57.2 Å². The number of aromatic amines is 1. The number of pyridine rings is 1. The van der Waals surface area contributed by atoms with E-state index in [4.69, 9.17) is 16.6 Å². The number of imidazole rings is 1. The number of carbonyl (C=O) groups is 1. The van der Waals surface area contributed by atoms with Crippen LogP contribution in [-0.4, -0.2) is 72.1 Å². The van der Waals surface area contributed by atoms with Crippen LogP contribution in [0, 0.1) is 0 Å². The highest BCUT2D eigenvalue weighted by molar-refractivity contribution is 6.34. The van der Waals surface area contributed by atoms with E-state index in [1.807, 2.05) is 51.4 Å². The number of halogens is 1. The number of nitrogens with zero attached hydrogens (tertiary/aromatic N) is 5. The van der Waals surface area contributed by atoms with Crippen molar-refractivity contribution >= 4 is 45.7 Å². The molecule has 1 aliphatic rings. The fourth-order valence-corrected chi connectivity index (χ4v) is 4.81. The second kappa shape index (κ2) is 10.2. The van der Waals surface area contributed by atoms with E-state index in [0.29, 0.717) is 10.7 Å². The first-order valence-electron chi connectivity index (χ1n) is 12.1. The van der Waals surface area contributed by atoms with Gasteiger partial charge in [-0.25, -0.2) is 9.97 Å². The van der Waals surface area contributed by atoms with E-state index in [2.05, 4.69) is 54.2 Å². The number of hydrogen-bond donors (Lipinski definition) is 2. The predicted octanol–water partition coefficient (Wildman–Crippen LogP) is 4.49. The van der Waals surface area contributed by atoms with Gasteiger partial charge in [-0.1, -0.05) is 29.8 Å². The smallest absolute Gasteiger partial charge is 0.241 e. The average molecular weight is 504 g/mol. The lowest BCUT2D eigenvalue weighted by molar-refractivity contribution is -0.120. The quantitative estimate of drug-likeness (QED) is 0.403. The summed E-state index contributed by atoms with van der Waals surface area (Å²) in [6.45, 7) is 4.93. The first kappa shape index (κ1) is 24.1. The summed E-state index contributed by atoms with van der Waals surface area (Å²) in [4.78, 5) is 31.9. The van der Waals surface area contributed by atoms with Gasteiger partial charge >= 0.3 is 0 Å². The molecule has 8 nitrogen and oxygen atoms in total. The zero-order valence-corrected chi connectivity index (χ0v) is 21.5. The molecule has 36 heavy (non-hydrogen) atoms. The maximum atomic E-state index is 12.8. The van der Waals surface area contributed by atoms with Crippen molar-refractivity contribution in [2.24, 2.45) is 0 Å². The molecule has 5 rings (SSSR count). The van der Waals surface area contributed by atoms with Gasteiger partial charge in [-0.3, -0.25) is 9.69 Å². The number of para-hydroxylation sites is 1. The van der Waals surface area contributed by atoms with Crippen molar-refractivity contribution in [3.8, 4) is 11.4 Å². The summed E-state index contributed by atoms with van der Waals surface area (Å²) >= 11 is 6.65. The van der Waals surface area contributed by atoms with Crippen molar-refractivity contribution < 1.29 is 4.79 Å². The van der Waals surface area contributed by atoms with Crippen LogP contribution < -0.4 is 15.1 Å². The van der Waals surface area contributed by atoms with E-state index in [1.165, 1.54) is 0 Å². The van der Waals surface area contributed by atoms with Crippen LogP contribution >= 0.6 is 11.6 Å². The third-order valence-electron chi connectivity index (χ3n) is 6.70. The van der Waals surface area contributed by atoms with E-state index in [0.717, 1.165) is 60.1 Å². The van der Waals surface area contributed by atoms with Gasteiger partial charge in [-0.05, 0) is 43.3 Å². The van der Waals surface area contributed by atoms with Gasteiger partial charge in [0.1, 0.15) is 11.3 Å². The Bertz CT molecular complexity index is 1350. The SMILES string of the molecule is CC(C(=O)Nc1ccccc1)N1CCN(c2c(Cl)cnc3nc(-c4ccc(N(C)C)cc4)[nH]c23)CC1. The van der Waals surface area contributed by atoms with Gasteiger partial charge in [0.15, 0.2) is 5.65 Å². The summed E-state index contributed by atoms with van der Waals surface area (Å²) in [6.07, 6.45) is 1.67. The topological polar surface area (TPSA) is 80.4 Å². The molecule has 3 heterocycles. The van der Waals surface area contributed by atoms with Crippen LogP contribution in [0.2, 0.25) is 5.02 Å². The van der Waals surface area contributed by atoms with Crippen molar-refractivity contribution in [2.75, 3.05) is 55.4 Å². The Hall–Kier alpha value is -3.62. The number of anilines is 3. The van der Waals surface area contributed by atoms with E-state index < -0.39 is 0 Å². The third-order valence-corrected chi connectivity index (χ3v) is 6.98. The number of benzene rings is 2. The number of H-pyrrole nitrogens is 1. The van der Waals surface area contributed by atoms with Crippen molar-refractivity contribution in [1.29, 1.82) is 0 Å². The van der Waals surface area contributed by atoms with Crippen LogP contribution in [0.15, 0.2) is 60.8 Å². The molecule has 4 aromatic rings. The van der Waals surface area contributed by atoms with Crippen LogP contribution in [0.25, 0.3) is 22.6 Å². The molecule has 2 N–H and O–H groups in total. The molecule has 9 heteroatoms. The number of fused-ring (bicyclic) bond motifs is 1. The molecule has 0 spiro atoms. The van der Waals surface area contributed by atoms with E-state index in [-0.39, 0.29) is 11.9 Å². The summed E-state index contributed by atoms with van der Waals surface area (Å²) < 4.78 is 0. The zero-order chi connectivity index (χ0) is 25.2. The number of nitrogens with one attached hydrogen (secondary N) is 2. The highest BCUT2D eigenvalue weighted by atomic mass is 35.5. The van der Waals surface area contributed by atoms with Gasteiger partial charge in [0.2, 0.25) is 5.91 Å². The van der Waals surface area contributed by atoms with Crippen LogP contribution in [0.4, 0.5) is 17.1 Å². The molecular formula is C27H30ClN7O. The van der Waals surface area contributed by atoms with Crippen LogP contribution in [-0.2, 0) is 4.79 Å². The summed E-state index contributed by atoms with van der Waals surface area (Å²) in [5.74, 6) is 0.758. The molecule has 1 aliphatic heterocycles. The first-order valence-corrected chi connectivity index (χ1v) is 12.5. The summed E-state index contributed by atoms with van der Waals surface area (Å²) in [7, 11) is 4.04. The van der Waals surface area contributed by atoms with Crippen LogP contribution in [0.5, 0.6) is 0 Å². The zero-order valence-electron chi connectivity index (χ0n) is 20.7. The Labute approximate surface area is 215 Å². The highest BCUT2D eigenvalue weighted by Crippen LogP contribution is 2.34. The molecule has 1 atom stereocenters. The summed E-state index contributed by atoms with van der Waals surface area (Å²) in [5.41, 5.74) is 5.30. The lowest BCUT2D eigenvalue weighted by Crippen LogP contribution is -2.53. The normalized spacial score (nSPS) is 15.2. The molecular weight excluding hydrogens is 474 g/mol. The Morgan fingerprint density at radius 3 is 2.42 bits per heavy atom. The summed E-state index contributed by atoms with van der Waals surface area (Å²) in [6, 6.07) is 17.6. The Balaban J connectivity index is 1.31. The van der Waals surface area contributed by atoms with Gasteiger partial charge in [-0.15, -0.1) is 0 Å². The minimum atomic E-state index is -0.232. The molecule has 186 valence electrons. The van der Waals surface area contributed by atoms with Gasteiger partial charge in [0.05, 0.1) is 22.9 Å². The maximum absolute atomic E-state index is 12.8. The largest absolute Gasteiger partial charge is 0.378 e. The number of hydrogen-bond acceptors (Lipinski definition) is 6. The second-order valence-corrected chi connectivity index (χ2v) is 9.64. The number of aromatic nitrogens is 3. The second-order valence-electron chi connectivity index (χ2n) is 9.23. The van der Waals surface area contributed by atoms with Gasteiger partial charge in [0.25, 0.3) is 0 Å². The minimum absolute atomic E-state index is 0.00233. The van der Waals surface area contributed by atoms with Crippen molar-refractivity contribution in [2.45, 2.75) is 13.0 Å². The molecule has 0 aliphatic carbocycles. The first-order chi connectivity index (χ1) is 17.4. The van der Waals surface area contributed by atoms with Crippen molar-refractivity contribution in [3.63, 3.8) is 0 Å². The fraction of sp³-hybridized carbons (Fsp3) is 0.296. The number of carbonyl (C=O) groups excluding carboxylic acids is 1. The molecule has 0 saturated carbocycles. The molecule has 2 aromatic carbocycles. The molecule has 1 saturated heterocycles.